The zero-order valence-corrected chi connectivity index (χ0v) is 20.6. The summed E-state index contributed by atoms with van der Waals surface area (Å²) in [4.78, 5) is 33.9. The average Bonchev–Trinajstić information content (AvgIpc) is 3.09. The molecule has 5 rings (SSSR count). The summed E-state index contributed by atoms with van der Waals surface area (Å²) in [7, 11) is -4.77. The van der Waals surface area contributed by atoms with Crippen molar-refractivity contribution in [3.05, 3.63) is 11.8 Å². The van der Waals surface area contributed by atoms with E-state index in [9.17, 15) is 14.8 Å². The van der Waals surface area contributed by atoms with Gasteiger partial charge in [0.1, 0.15) is 41.5 Å². The van der Waals surface area contributed by atoms with E-state index in [0.29, 0.717) is 24.4 Å². The summed E-state index contributed by atoms with van der Waals surface area (Å²) < 4.78 is 21.5. The van der Waals surface area contributed by atoms with Crippen LogP contribution in [0.5, 0.6) is 0 Å². The molecule has 0 aromatic carbocycles. The van der Waals surface area contributed by atoms with Crippen LogP contribution in [0.2, 0.25) is 0 Å². The molecule has 6 N–H and O–H groups in total. The zero-order chi connectivity index (χ0) is 25.1. The summed E-state index contributed by atoms with van der Waals surface area (Å²) in [6.45, 7) is -0.578. The summed E-state index contributed by atoms with van der Waals surface area (Å²) in [6.07, 6.45) is 9.63. The van der Waals surface area contributed by atoms with Crippen molar-refractivity contribution in [2.75, 3.05) is 6.61 Å². The Kier molecular flexibility index (Phi) is 8.42. The number of fused-ring (bicyclic) bond motifs is 2. The number of dihydropyridines is 1. The van der Waals surface area contributed by atoms with E-state index in [-0.39, 0.29) is 0 Å². The molecule has 196 valence electrons. The highest BCUT2D eigenvalue weighted by Crippen LogP contribution is 2.38. The fourth-order valence-electron chi connectivity index (χ4n) is 5.04. The number of hydrogen-bond donors (Lipinski definition) is 5. The lowest BCUT2D eigenvalue weighted by molar-refractivity contribution is -0.0808. The van der Waals surface area contributed by atoms with E-state index >= 15 is 0 Å². The maximum absolute atomic E-state index is 11.1. The number of aliphatic imine (C=N–C) groups is 3. The minimum absolute atomic E-state index is 0.322. The van der Waals surface area contributed by atoms with Gasteiger partial charge in [-0.3, -0.25) is 14.5 Å². The van der Waals surface area contributed by atoms with Gasteiger partial charge in [-0.15, -0.1) is 0 Å². The largest absolute Gasteiger partial charge is 0.469 e. The number of aliphatic hydroxyl groups is 2. The number of nitrogens with two attached hydrogens (primary N) is 1. The van der Waals surface area contributed by atoms with Crippen molar-refractivity contribution in [1.82, 2.24) is 4.90 Å². The molecule has 1 spiro atoms. The molecule has 0 saturated carbocycles. The number of phosphoric acid groups is 1. The molecule has 6 atom stereocenters. The quantitative estimate of drug-likeness (QED) is 0.345. The van der Waals surface area contributed by atoms with Gasteiger partial charge in [0.2, 0.25) is 0 Å². The number of aliphatic hydroxyl groups excluding tert-OH is 2. The Bertz CT molecular complexity index is 922. The van der Waals surface area contributed by atoms with Gasteiger partial charge in [-0.1, -0.05) is 44.6 Å². The first-order valence-electron chi connectivity index (χ1n) is 12.3. The standard InChI is InChI=1S/C22H36N5O7P/c23-20-15-9-11-22(26-20)10-7-5-3-1-2-4-6-8-17(24-13-22)27(14-25-15)21-19(29)18(28)16(34-21)12-33-35(30,31)32/h9,13-14,16-19,21,28-29H,1-8,10-12H2,(H2,23,26)(H2,30,31,32)/b24-13-,25-14-. The number of ether oxygens (including phenoxy) is 1. The number of rotatable bonds is 4. The first-order valence-corrected chi connectivity index (χ1v) is 13.8. The maximum Gasteiger partial charge on any atom is 0.469 e. The molecule has 0 aromatic heterocycles. The maximum atomic E-state index is 11.1. The van der Waals surface area contributed by atoms with Crippen LogP contribution in [0.4, 0.5) is 0 Å². The molecule has 0 aromatic rings. The van der Waals surface area contributed by atoms with Gasteiger partial charge in [-0.05, 0) is 25.7 Å². The summed E-state index contributed by atoms with van der Waals surface area (Å²) in [5, 5.41) is 21.3. The lowest BCUT2D eigenvalue weighted by Crippen LogP contribution is -2.49. The molecule has 0 radical (unpaired) electrons. The van der Waals surface area contributed by atoms with Gasteiger partial charge >= 0.3 is 7.82 Å². The monoisotopic (exact) mass is 513 g/mol. The van der Waals surface area contributed by atoms with Gasteiger partial charge in [-0.2, -0.15) is 0 Å². The predicted molar refractivity (Wildman–Crippen MR) is 130 cm³/mol. The van der Waals surface area contributed by atoms with Crippen molar-refractivity contribution < 1.29 is 33.8 Å². The second-order valence-electron chi connectivity index (χ2n) is 9.69. The topological polar surface area (TPSA) is 183 Å². The predicted octanol–water partition coefficient (Wildman–Crippen LogP) is 1.19. The van der Waals surface area contributed by atoms with E-state index in [2.05, 4.69) is 9.52 Å². The molecule has 35 heavy (non-hydrogen) atoms. The van der Waals surface area contributed by atoms with E-state index in [1.165, 1.54) is 19.2 Å². The number of amidine groups is 1. The van der Waals surface area contributed by atoms with Gasteiger partial charge in [0.25, 0.3) is 0 Å². The molecule has 12 nitrogen and oxygen atoms in total. The lowest BCUT2D eigenvalue weighted by atomic mass is 9.88. The minimum Gasteiger partial charge on any atom is -0.387 e. The highest BCUT2D eigenvalue weighted by molar-refractivity contribution is 7.46. The van der Waals surface area contributed by atoms with Crippen LogP contribution in [0, 0.1) is 0 Å². The summed E-state index contributed by atoms with van der Waals surface area (Å²) in [5.74, 6) is 0.322. The van der Waals surface area contributed by atoms with Crippen molar-refractivity contribution in [2.24, 2.45) is 20.7 Å². The molecule has 13 heteroatoms. The van der Waals surface area contributed by atoms with Crippen LogP contribution in [-0.4, -0.2) is 86.1 Å². The summed E-state index contributed by atoms with van der Waals surface area (Å²) >= 11 is 0. The van der Waals surface area contributed by atoms with Gasteiger partial charge < -0.3 is 35.4 Å². The van der Waals surface area contributed by atoms with Gasteiger partial charge in [0.05, 0.1) is 12.9 Å². The van der Waals surface area contributed by atoms with E-state index in [1.807, 2.05) is 12.3 Å². The van der Waals surface area contributed by atoms with E-state index < -0.39 is 50.7 Å². The van der Waals surface area contributed by atoms with Crippen LogP contribution in [0.25, 0.3) is 0 Å². The Morgan fingerprint density at radius 1 is 1.14 bits per heavy atom. The van der Waals surface area contributed by atoms with Crippen LogP contribution in [0.15, 0.2) is 26.8 Å². The Hall–Kier alpha value is -1.66. The number of hydrogen-bond acceptors (Lipinski definition) is 10. The summed E-state index contributed by atoms with van der Waals surface area (Å²) in [5.41, 5.74) is 6.23. The van der Waals surface area contributed by atoms with Gasteiger partial charge in [0, 0.05) is 6.21 Å². The Morgan fingerprint density at radius 2 is 1.86 bits per heavy atom. The third kappa shape index (κ3) is 6.56. The smallest absolute Gasteiger partial charge is 0.387 e. The van der Waals surface area contributed by atoms with Crippen molar-refractivity contribution in [2.45, 2.75) is 100 Å². The fraction of sp³-hybridized carbons (Fsp3) is 0.773. The molecule has 1 saturated heterocycles. The third-order valence-corrected chi connectivity index (χ3v) is 7.51. The van der Waals surface area contributed by atoms with Crippen LogP contribution < -0.4 is 5.73 Å². The van der Waals surface area contributed by atoms with E-state index in [4.69, 9.17) is 30.2 Å². The highest BCUT2D eigenvalue weighted by atomic mass is 31.2. The third-order valence-electron chi connectivity index (χ3n) is 7.03. The number of nitrogens with zero attached hydrogens (tertiary/aromatic N) is 4. The minimum atomic E-state index is -4.77. The van der Waals surface area contributed by atoms with Crippen molar-refractivity contribution >= 4 is 26.2 Å². The normalized spacial score (nSPS) is 38.6. The molecule has 0 aliphatic carbocycles. The Morgan fingerprint density at radius 3 is 2.57 bits per heavy atom. The van der Waals surface area contributed by atoms with Crippen LogP contribution in [0.3, 0.4) is 0 Å². The molecular weight excluding hydrogens is 477 g/mol. The molecule has 5 aliphatic heterocycles. The fourth-order valence-corrected chi connectivity index (χ4v) is 5.38. The van der Waals surface area contributed by atoms with E-state index in [0.717, 1.165) is 38.5 Å². The second kappa shape index (κ2) is 11.2. The Balaban J connectivity index is 1.64. The van der Waals surface area contributed by atoms with Crippen LogP contribution >= 0.6 is 7.82 Å². The van der Waals surface area contributed by atoms with Gasteiger partial charge in [0.15, 0.2) is 6.23 Å². The molecule has 0 amide bonds. The van der Waals surface area contributed by atoms with Crippen LogP contribution in [-0.2, 0) is 13.8 Å². The van der Waals surface area contributed by atoms with E-state index in [1.54, 1.807) is 4.90 Å². The first-order chi connectivity index (χ1) is 16.7. The van der Waals surface area contributed by atoms with Crippen molar-refractivity contribution in [3.63, 3.8) is 0 Å². The molecular formula is C22H36N5O7P. The molecule has 5 heterocycles. The molecule has 6 unspecified atom stereocenters. The summed E-state index contributed by atoms with van der Waals surface area (Å²) in [6, 6.07) is 0. The van der Waals surface area contributed by atoms with Crippen molar-refractivity contribution in [3.8, 4) is 0 Å². The lowest BCUT2D eigenvalue weighted by Gasteiger charge is -2.36. The first kappa shape index (κ1) is 26.4. The number of phosphoric ester groups is 1. The SMILES string of the molecule is NC1=NC23/C=N\C(CCCCCCCCC2)N(C2OC(COP(=O)(O)O)C(O)C2O)/C=N\C1=CC3. The zero-order valence-electron chi connectivity index (χ0n) is 19.7. The Labute approximate surface area is 204 Å². The molecule has 3 bridgehead atoms. The van der Waals surface area contributed by atoms with Crippen molar-refractivity contribution in [1.29, 1.82) is 0 Å². The van der Waals surface area contributed by atoms with Crippen LogP contribution in [0.1, 0.15) is 64.2 Å². The molecule has 5 aliphatic rings. The molecule has 1 fully saturated rings. The second-order valence-corrected chi connectivity index (χ2v) is 10.9. The van der Waals surface area contributed by atoms with Gasteiger partial charge in [-0.25, -0.2) is 9.56 Å². The average molecular weight is 514 g/mol. The highest BCUT2D eigenvalue weighted by Gasteiger charge is 2.47.